The number of hydrogen-bond acceptors (Lipinski definition) is 18. The maximum absolute atomic E-state index is 12.9. The summed E-state index contributed by atoms with van der Waals surface area (Å²) in [5, 5.41) is 2.25. The zero-order chi connectivity index (χ0) is 37.4. The van der Waals surface area contributed by atoms with E-state index in [1.54, 1.807) is 0 Å². The molecule has 0 aromatic heterocycles. The van der Waals surface area contributed by atoms with Crippen molar-refractivity contribution in [2.75, 3.05) is 13.7 Å². The summed E-state index contributed by atoms with van der Waals surface area (Å²) in [6.07, 6.45) is -16.4. The Bertz CT molecular complexity index is 1290. The second-order valence-electron chi connectivity index (χ2n) is 10.3. The Balaban J connectivity index is 2.85. The second-order valence-corrected chi connectivity index (χ2v) is 12.6. The van der Waals surface area contributed by atoms with E-state index in [2.05, 4.69) is 5.32 Å². The van der Waals surface area contributed by atoms with Gasteiger partial charge in [-0.3, -0.25) is 33.6 Å². The minimum atomic E-state index is -2.65. The summed E-state index contributed by atoms with van der Waals surface area (Å²) in [6, 6.07) is -1.79. The molecule has 276 valence electrons. The molecule has 2 rings (SSSR count). The monoisotopic (exact) mass is 765 g/mol. The maximum Gasteiger partial charge on any atom is 0.339 e. The van der Waals surface area contributed by atoms with Gasteiger partial charge in [-0.15, -0.1) is 0 Å². The Morgan fingerprint density at radius 1 is 0.612 bits per heavy atom. The highest BCUT2D eigenvalue weighted by atomic mass is 35.6. The highest BCUT2D eigenvalue weighted by Crippen LogP contribution is 2.36. The molecule has 2 fully saturated rings. The third-order valence-corrected chi connectivity index (χ3v) is 6.88. The van der Waals surface area contributed by atoms with Crippen LogP contribution in [-0.2, 0) is 85.7 Å². The van der Waals surface area contributed by atoms with E-state index in [1.165, 1.54) is 0 Å². The molecule has 0 aliphatic carbocycles. The first-order valence-electron chi connectivity index (χ1n) is 14.1. The molecule has 0 bridgehead atoms. The van der Waals surface area contributed by atoms with E-state index in [9.17, 15) is 38.4 Å². The summed E-state index contributed by atoms with van der Waals surface area (Å²) in [5.41, 5.74) is 0. The van der Waals surface area contributed by atoms with E-state index in [-0.39, 0.29) is 0 Å². The maximum atomic E-state index is 12.9. The van der Waals surface area contributed by atoms with Gasteiger partial charge in [0.25, 0.3) is 9.70 Å². The Labute approximate surface area is 293 Å². The van der Waals surface area contributed by atoms with Crippen molar-refractivity contribution in [3.63, 3.8) is 0 Å². The smallest absolute Gasteiger partial charge is 0.339 e. The molecule has 2 aliphatic heterocycles. The summed E-state index contributed by atoms with van der Waals surface area (Å²) in [7, 11) is 0.951. The number of alkyl halides is 3. The highest BCUT2D eigenvalue weighted by Gasteiger charge is 2.59. The lowest BCUT2D eigenvalue weighted by atomic mass is 9.94. The average molecular weight is 767 g/mol. The molecule has 1 N–H and O–H groups in total. The minimum absolute atomic E-state index is 0.662. The summed E-state index contributed by atoms with van der Waals surface area (Å²) in [4.78, 5) is 98.6. The van der Waals surface area contributed by atoms with Crippen molar-refractivity contribution >= 4 is 82.5 Å². The molecule has 0 aromatic rings. The number of carbonyl (C=O) groups excluding carboxylic acids is 8. The Kier molecular flexibility index (Phi) is 15.3. The van der Waals surface area contributed by atoms with Crippen molar-refractivity contribution in [1.82, 2.24) is 5.32 Å². The first kappa shape index (κ1) is 41.7. The lowest BCUT2D eigenvalue weighted by Gasteiger charge is -2.48. The molecule has 0 aromatic carbocycles. The summed E-state index contributed by atoms with van der Waals surface area (Å²) in [5.74, 6) is -8.30. The topological polar surface area (TPSA) is 241 Å². The Morgan fingerprint density at radius 2 is 1.10 bits per heavy atom. The standard InChI is InChI=1S/C27H34Cl3NO18/c1-9(32)41-8-15-17(42-10(2)33)18(16(24(47-15)46-14(6)37)31-26(39)27(28,29)30)48-25-22(45-13(5)36)20(44-12(4)35)19(43-11(3)34)21(49-25)23(38)40-7/h15-22,24-25H,8H2,1-7H3,(H,31,39)/t15-,16-,17+,18-,19+,20+,21+,22-,24+,25-/m1/s1. The van der Waals surface area contributed by atoms with Gasteiger partial charge in [-0.25, -0.2) is 4.79 Å². The number of amides is 1. The molecule has 49 heavy (non-hydrogen) atoms. The predicted molar refractivity (Wildman–Crippen MR) is 157 cm³/mol. The lowest BCUT2D eigenvalue weighted by molar-refractivity contribution is -0.340. The molecule has 2 aliphatic rings. The molecule has 0 unspecified atom stereocenters. The van der Waals surface area contributed by atoms with Crippen LogP contribution < -0.4 is 5.32 Å². The Morgan fingerprint density at radius 3 is 1.57 bits per heavy atom. The zero-order valence-corrected chi connectivity index (χ0v) is 29.2. The van der Waals surface area contributed by atoms with E-state index < -0.39 is 119 Å². The zero-order valence-electron chi connectivity index (χ0n) is 27.0. The number of halogens is 3. The van der Waals surface area contributed by atoms with Crippen LogP contribution in [0.5, 0.6) is 0 Å². The molecule has 2 heterocycles. The first-order chi connectivity index (χ1) is 22.7. The van der Waals surface area contributed by atoms with Gasteiger partial charge in [-0.2, -0.15) is 0 Å². The molecular formula is C27H34Cl3NO18. The van der Waals surface area contributed by atoms with Crippen molar-refractivity contribution in [3.8, 4) is 0 Å². The van der Waals surface area contributed by atoms with Crippen molar-refractivity contribution in [2.45, 2.75) is 107 Å². The third kappa shape index (κ3) is 12.1. The fraction of sp³-hybridized carbons (Fsp3) is 0.704. The van der Waals surface area contributed by atoms with E-state index in [0.717, 1.165) is 48.7 Å². The van der Waals surface area contributed by atoms with Crippen LogP contribution in [0.3, 0.4) is 0 Å². The van der Waals surface area contributed by atoms with Crippen LogP contribution in [0.4, 0.5) is 0 Å². The van der Waals surface area contributed by atoms with Gasteiger partial charge in [0.15, 0.2) is 36.8 Å². The predicted octanol–water partition coefficient (Wildman–Crippen LogP) is -0.298. The fourth-order valence-corrected chi connectivity index (χ4v) is 4.89. The number of ether oxygens (including phenoxy) is 10. The van der Waals surface area contributed by atoms with E-state index in [1.807, 2.05) is 0 Å². The van der Waals surface area contributed by atoms with E-state index >= 15 is 0 Å². The summed E-state index contributed by atoms with van der Waals surface area (Å²) < 4.78 is 51.5. The number of carbonyl (C=O) groups is 8. The van der Waals surface area contributed by atoms with Crippen LogP contribution in [0.1, 0.15) is 41.5 Å². The molecular weight excluding hydrogens is 733 g/mol. The van der Waals surface area contributed by atoms with Gasteiger partial charge >= 0.3 is 41.8 Å². The number of esters is 7. The van der Waals surface area contributed by atoms with Gasteiger partial charge in [-0.1, -0.05) is 34.8 Å². The van der Waals surface area contributed by atoms with Gasteiger partial charge in [0.05, 0.1) is 7.11 Å². The average Bonchev–Trinajstić information content (AvgIpc) is 2.95. The highest BCUT2D eigenvalue weighted by molar-refractivity contribution is 6.76. The molecule has 0 spiro atoms. The lowest BCUT2D eigenvalue weighted by Crippen LogP contribution is -2.70. The number of nitrogens with one attached hydrogen (secondary N) is 1. The Hall–Kier alpha value is -3.49. The van der Waals surface area contributed by atoms with Gasteiger partial charge in [0.2, 0.25) is 6.29 Å². The van der Waals surface area contributed by atoms with Crippen LogP contribution in [0.2, 0.25) is 0 Å². The van der Waals surface area contributed by atoms with Gasteiger partial charge < -0.3 is 52.7 Å². The van der Waals surface area contributed by atoms with Gasteiger partial charge in [0.1, 0.15) is 24.9 Å². The number of rotatable bonds is 11. The summed E-state index contributed by atoms with van der Waals surface area (Å²) in [6.45, 7) is 5.18. The van der Waals surface area contributed by atoms with Crippen LogP contribution in [0.25, 0.3) is 0 Å². The SMILES string of the molecule is COC(=O)[C@H]1O[C@@H](O[C@@H]2[C@@H](NC(=O)C(Cl)(Cl)Cl)[C@@H](OC(C)=O)O[C@H](COC(C)=O)[C@@H]2OC(C)=O)[C@H](OC(C)=O)[C@@H](OC(C)=O)[C@@H]1OC(C)=O. The first-order valence-corrected chi connectivity index (χ1v) is 15.2. The van der Waals surface area contributed by atoms with Crippen LogP contribution >= 0.6 is 34.8 Å². The summed E-state index contributed by atoms with van der Waals surface area (Å²) >= 11 is 17.3. The fourth-order valence-electron chi connectivity index (χ4n) is 4.73. The van der Waals surface area contributed by atoms with Gasteiger partial charge in [-0.05, 0) is 0 Å². The number of hydrogen-bond donors (Lipinski definition) is 1. The van der Waals surface area contributed by atoms with Crippen molar-refractivity contribution in [2.24, 2.45) is 0 Å². The van der Waals surface area contributed by atoms with E-state index in [4.69, 9.17) is 82.2 Å². The van der Waals surface area contributed by atoms with Crippen molar-refractivity contribution in [3.05, 3.63) is 0 Å². The molecule has 1 amide bonds. The second kappa shape index (κ2) is 18.0. The molecule has 0 saturated carbocycles. The normalized spacial score (nSPS) is 29.7. The quantitative estimate of drug-likeness (QED) is 0.161. The largest absolute Gasteiger partial charge is 0.467 e. The molecule has 19 nitrogen and oxygen atoms in total. The molecule has 0 radical (unpaired) electrons. The van der Waals surface area contributed by atoms with Gasteiger partial charge in [0, 0.05) is 41.5 Å². The molecule has 10 atom stereocenters. The van der Waals surface area contributed by atoms with Crippen molar-refractivity contribution < 1.29 is 85.7 Å². The molecule has 22 heteroatoms. The van der Waals surface area contributed by atoms with Crippen LogP contribution in [-0.4, -0.2) is 127 Å². The third-order valence-electron chi connectivity index (χ3n) is 6.36. The minimum Gasteiger partial charge on any atom is -0.467 e. The van der Waals surface area contributed by atoms with Crippen LogP contribution in [0.15, 0.2) is 0 Å². The van der Waals surface area contributed by atoms with Crippen LogP contribution in [0, 0.1) is 0 Å². The molecule has 2 saturated heterocycles. The van der Waals surface area contributed by atoms with Crippen molar-refractivity contribution in [1.29, 1.82) is 0 Å². The van der Waals surface area contributed by atoms with E-state index in [0.29, 0.717) is 0 Å². The number of methoxy groups -OCH3 is 1.